The van der Waals surface area contributed by atoms with E-state index in [0.717, 1.165) is 22.7 Å². The van der Waals surface area contributed by atoms with Crippen LogP contribution in [0.1, 0.15) is 30.7 Å². The summed E-state index contributed by atoms with van der Waals surface area (Å²) in [5.41, 5.74) is 1.25. The van der Waals surface area contributed by atoms with E-state index in [-0.39, 0.29) is 11.3 Å². The van der Waals surface area contributed by atoms with Gasteiger partial charge in [0.1, 0.15) is 0 Å². The molecule has 2 saturated carbocycles. The molecule has 1 heterocycles. The van der Waals surface area contributed by atoms with Crippen LogP contribution in [-0.2, 0) is 9.84 Å². The van der Waals surface area contributed by atoms with Gasteiger partial charge in [-0.05, 0) is 48.1 Å². The van der Waals surface area contributed by atoms with Crippen molar-refractivity contribution in [3.05, 3.63) is 29.8 Å². The molecule has 0 N–H and O–H groups in total. The van der Waals surface area contributed by atoms with Gasteiger partial charge < -0.3 is 0 Å². The van der Waals surface area contributed by atoms with Gasteiger partial charge in [0.2, 0.25) is 0 Å². The fourth-order valence-electron chi connectivity index (χ4n) is 4.38. The van der Waals surface area contributed by atoms with Crippen LogP contribution >= 0.6 is 15.9 Å². The first kappa shape index (κ1) is 12.4. The molecule has 0 aromatic heterocycles. The molecule has 0 amide bonds. The fraction of sp³-hybridized carbons (Fsp3) is 0.600. The van der Waals surface area contributed by atoms with E-state index < -0.39 is 9.84 Å². The van der Waals surface area contributed by atoms with Crippen molar-refractivity contribution in [1.29, 1.82) is 0 Å². The van der Waals surface area contributed by atoms with E-state index >= 15 is 0 Å². The Balaban J connectivity index is 1.81. The molecule has 4 heteroatoms. The highest BCUT2D eigenvalue weighted by Crippen LogP contribution is 2.66. The number of hydrogen-bond acceptors (Lipinski definition) is 2. The summed E-state index contributed by atoms with van der Waals surface area (Å²) in [7, 11) is -3.06. The summed E-state index contributed by atoms with van der Waals surface area (Å²) in [6.45, 7) is 0. The van der Waals surface area contributed by atoms with E-state index in [0.29, 0.717) is 10.6 Å². The number of halogens is 1. The second-order valence-electron chi connectivity index (χ2n) is 6.53. The first-order valence-electron chi connectivity index (χ1n) is 6.93. The first-order chi connectivity index (χ1) is 9.06. The van der Waals surface area contributed by atoms with Gasteiger partial charge in [-0.25, -0.2) is 8.42 Å². The quantitative estimate of drug-likeness (QED) is 0.773. The van der Waals surface area contributed by atoms with Gasteiger partial charge in [0.15, 0.2) is 9.84 Å². The van der Waals surface area contributed by atoms with Crippen molar-refractivity contribution in [1.82, 2.24) is 0 Å². The van der Waals surface area contributed by atoms with Crippen LogP contribution in [0.3, 0.4) is 0 Å². The van der Waals surface area contributed by atoms with Gasteiger partial charge in [-0.15, -0.1) is 0 Å². The van der Waals surface area contributed by atoms with Crippen molar-refractivity contribution in [3.8, 4) is 0 Å². The summed E-state index contributed by atoms with van der Waals surface area (Å²) in [6.07, 6.45) is 3.78. The van der Waals surface area contributed by atoms with Crippen LogP contribution in [0, 0.1) is 17.3 Å². The molecule has 2 nitrogen and oxygen atoms in total. The zero-order valence-electron chi connectivity index (χ0n) is 10.7. The van der Waals surface area contributed by atoms with E-state index in [1.165, 1.54) is 19.3 Å². The van der Waals surface area contributed by atoms with Crippen LogP contribution in [0.4, 0.5) is 0 Å². The van der Waals surface area contributed by atoms with Gasteiger partial charge >= 0.3 is 0 Å². The highest BCUT2D eigenvalue weighted by atomic mass is 79.9. The second kappa shape index (κ2) is 3.85. The topological polar surface area (TPSA) is 34.1 Å². The van der Waals surface area contributed by atoms with Crippen molar-refractivity contribution in [3.63, 3.8) is 0 Å². The number of rotatable bonds is 2. The largest absolute Gasteiger partial charge is 0.224 e. The number of benzene rings is 1. The Kier molecular flexibility index (Phi) is 2.51. The van der Waals surface area contributed by atoms with Crippen molar-refractivity contribution < 1.29 is 8.42 Å². The molecule has 2 fully saturated rings. The monoisotopic (exact) mass is 340 g/mol. The predicted molar refractivity (Wildman–Crippen MR) is 78.3 cm³/mol. The normalized spacial score (nSPS) is 41.8. The molecule has 3 aliphatic rings. The lowest BCUT2D eigenvalue weighted by molar-refractivity contribution is 0.259. The van der Waals surface area contributed by atoms with Crippen molar-refractivity contribution >= 4 is 25.8 Å². The lowest BCUT2D eigenvalue weighted by atomic mass is 9.71. The minimum absolute atomic E-state index is 0.174. The standard InChI is InChI=1S/C15H17BrO2S/c16-9-15(6-10-5-11(10)7-15)13-8-19(17,18)14-4-2-1-3-12(13)14/h1-4,10-11,13H,5-9H2. The minimum Gasteiger partial charge on any atom is -0.224 e. The maximum atomic E-state index is 12.4. The third-order valence-electron chi connectivity index (χ3n) is 5.43. The maximum Gasteiger partial charge on any atom is 0.179 e. The molecule has 0 saturated heterocycles. The molecule has 1 aromatic carbocycles. The van der Waals surface area contributed by atoms with E-state index in [2.05, 4.69) is 15.9 Å². The smallest absolute Gasteiger partial charge is 0.179 e. The van der Waals surface area contributed by atoms with Gasteiger partial charge in [-0.2, -0.15) is 0 Å². The molecule has 2 aliphatic carbocycles. The van der Waals surface area contributed by atoms with Gasteiger partial charge in [0.05, 0.1) is 10.6 Å². The average molecular weight is 341 g/mol. The SMILES string of the molecule is O=S1(=O)CC(C2(CBr)CC3CC3C2)c2ccccc21. The fourth-order valence-corrected chi connectivity index (χ4v) is 7.24. The van der Waals surface area contributed by atoms with E-state index in [1.807, 2.05) is 18.2 Å². The lowest BCUT2D eigenvalue weighted by Gasteiger charge is -2.35. The summed E-state index contributed by atoms with van der Waals surface area (Å²) in [6, 6.07) is 7.62. The van der Waals surface area contributed by atoms with Crippen molar-refractivity contribution in [2.45, 2.75) is 30.1 Å². The number of fused-ring (bicyclic) bond motifs is 2. The zero-order valence-corrected chi connectivity index (χ0v) is 13.1. The molecule has 0 bridgehead atoms. The Morgan fingerprint density at radius 2 is 1.89 bits per heavy atom. The third-order valence-corrected chi connectivity index (χ3v) is 8.36. The molecule has 3 atom stereocenters. The molecule has 3 unspecified atom stereocenters. The van der Waals surface area contributed by atoms with Crippen LogP contribution in [0.2, 0.25) is 0 Å². The number of alkyl halides is 1. The molecule has 1 aliphatic heterocycles. The number of sulfone groups is 1. The Bertz CT molecular complexity index is 627. The highest BCUT2D eigenvalue weighted by Gasteiger charge is 2.58. The van der Waals surface area contributed by atoms with Crippen LogP contribution in [0.15, 0.2) is 29.2 Å². The Morgan fingerprint density at radius 1 is 1.21 bits per heavy atom. The Hall–Kier alpha value is -0.350. The number of hydrogen-bond donors (Lipinski definition) is 0. The van der Waals surface area contributed by atoms with Gasteiger partial charge in [0.25, 0.3) is 0 Å². The molecular weight excluding hydrogens is 324 g/mol. The van der Waals surface area contributed by atoms with Crippen molar-refractivity contribution in [2.24, 2.45) is 17.3 Å². The summed E-state index contributed by atoms with van der Waals surface area (Å²) in [4.78, 5) is 0.584. The minimum atomic E-state index is -3.06. The molecule has 0 radical (unpaired) electrons. The molecule has 1 aromatic rings. The van der Waals surface area contributed by atoms with Crippen LogP contribution in [-0.4, -0.2) is 19.5 Å². The lowest BCUT2D eigenvalue weighted by Crippen LogP contribution is -2.30. The van der Waals surface area contributed by atoms with Crippen LogP contribution < -0.4 is 0 Å². The third kappa shape index (κ3) is 1.69. The summed E-state index contributed by atoms with van der Waals surface area (Å²) >= 11 is 3.69. The Labute approximate surface area is 122 Å². The predicted octanol–water partition coefficient (Wildman–Crippen LogP) is 3.37. The molecular formula is C15H17BrO2S. The molecule has 102 valence electrons. The molecule has 4 rings (SSSR count). The second-order valence-corrected chi connectivity index (χ2v) is 9.10. The first-order valence-corrected chi connectivity index (χ1v) is 9.71. The van der Waals surface area contributed by atoms with E-state index in [1.54, 1.807) is 6.07 Å². The maximum absolute atomic E-state index is 12.4. The van der Waals surface area contributed by atoms with E-state index in [9.17, 15) is 8.42 Å². The zero-order chi connectivity index (χ0) is 13.3. The summed E-state index contributed by atoms with van der Waals surface area (Å²) in [5.74, 6) is 2.25. The Morgan fingerprint density at radius 3 is 2.58 bits per heavy atom. The van der Waals surface area contributed by atoms with Gasteiger partial charge in [0, 0.05) is 11.2 Å². The van der Waals surface area contributed by atoms with Gasteiger partial charge in [-0.3, -0.25) is 0 Å². The average Bonchev–Trinajstić information content (AvgIpc) is 2.91. The highest BCUT2D eigenvalue weighted by molar-refractivity contribution is 9.09. The van der Waals surface area contributed by atoms with Gasteiger partial charge in [-0.1, -0.05) is 34.1 Å². The molecule has 0 spiro atoms. The van der Waals surface area contributed by atoms with Crippen molar-refractivity contribution in [2.75, 3.05) is 11.1 Å². The molecule has 19 heavy (non-hydrogen) atoms. The summed E-state index contributed by atoms with van der Waals surface area (Å²) < 4.78 is 24.7. The summed E-state index contributed by atoms with van der Waals surface area (Å²) in [5, 5.41) is 0.932. The van der Waals surface area contributed by atoms with Crippen LogP contribution in [0.5, 0.6) is 0 Å². The van der Waals surface area contributed by atoms with Crippen LogP contribution in [0.25, 0.3) is 0 Å². The van der Waals surface area contributed by atoms with E-state index in [4.69, 9.17) is 0 Å².